The first-order valence-electron chi connectivity index (χ1n) is 7.87. The van der Waals surface area contributed by atoms with Crippen molar-refractivity contribution in [2.24, 2.45) is 11.7 Å². The fraction of sp³-hybridized carbons (Fsp3) is 0.600. The fourth-order valence-corrected chi connectivity index (χ4v) is 3.06. The Kier molecular flexibility index (Phi) is 4.72. The molecule has 7 nitrogen and oxygen atoms in total. The molecule has 3 N–H and O–H groups in total. The second kappa shape index (κ2) is 6.76. The lowest BCUT2D eigenvalue weighted by molar-refractivity contribution is 0.0909. The quantitative estimate of drug-likeness (QED) is 0.802. The van der Waals surface area contributed by atoms with Crippen LogP contribution >= 0.6 is 11.3 Å². The monoisotopic (exact) mass is 335 g/mol. The summed E-state index contributed by atoms with van der Waals surface area (Å²) in [5.41, 5.74) is 5.92. The van der Waals surface area contributed by atoms with Gasteiger partial charge in [0.15, 0.2) is 5.82 Å². The molecule has 3 rings (SSSR count). The average molecular weight is 335 g/mol. The SMILES string of the molecule is CC(C)C(NC(=O)c1csc(CCN)n1)c1nc(C2CC2)no1. The zero-order valence-electron chi connectivity index (χ0n) is 13.3. The highest BCUT2D eigenvalue weighted by molar-refractivity contribution is 7.09. The fourth-order valence-electron chi connectivity index (χ4n) is 2.26. The summed E-state index contributed by atoms with van der Waals surface area (Å²) in [5, 5.41) is 9.60. The summed E-state index contributed by atoms with van der Waals surface area (Å²) in [7, 11) is 0. The minimum absolute atomic E-state index is 0.133. The summed E-state index contributed by atoms with van der Waals surface area (Å²) in [6.07, 6.45) is 2.90. The molecule has 2 heterocycles. The number of aromatic nitrogens is 3. The van der Waals surface area contributed by atoms with Crippen LogP contribution in [0.5, 0.6) is 0 Å². The topological polar surface area (TPSA) is 107 Å². The summed E-state index contributed by atoms with van der Waals surface area (Å²) in [4.78, 5) is 21.2. The van der Waals surface area contributed by atoms with E-state index in [-0.39, 0.29) is 17.9 Å². The van der Waals surface area contributed by atoms with Gasteiger partial charge in [0, 0.05) is 17.7 Å². The van der Waals surface area contributed by atoms with E-state index < -0.39 is 0 Å². The Morgan fingerprint density at radius 3 is 2.91 bits per heavy atom. The van der Waals surface area contributed by atoms with E-state index in [9.17, 15) is 4.79 Å². The standard InChI is InChI=1S/C15H21N5O2S/c1-8(2)12(15-19-13(20-22-15)9-3-4-9)18-14(21)10-7-23-11(17-10)5-6-16/h7-9,12H,3-6,16H2,1-2H3,(H,18,21). The van der Waals surface area contributed by atoms with Crippen molar-refractivity contribution < 1.29 is 9.32 Å². The summed E-state index contributed by atoms with van der Waals surface area (Å²) in [6.45, 7) is 4.54. The van der Waals surface area contributed by atoms with Gasteiger partial charge in [0.2, 0.25) is 5.89 Å². The molecule has 1 aliphatic rings. The van der Waals surface area contributed by atoms with Crippen LogP contribution in [-0.4, -0.2) is 27.6 Å². The molecule has 124 valence electrons. The Labute approximate surface area is 138 Å². The van der Waals surface area contributed by atoms with Crippen LogP contribution in [0, 0.1) is 5.92 Å². The van der Waals surface area contributed by atoms with Crippen molar-refractivity contribution in [2.45, 2.75) is 45.1 Å². The predicted octanol–water partition coefficient (Wildman–Crippen LogP) is 2.03. The smallest absolute Gasteiger partial charge is 0.271 e. The molecule has 2 aromatic heterocycles. The molecule has 0 radical (unpaired) electrons. The van der Waals surface area contributed by atoms with E-state index in [0.29, 0.717) is 30.5 Å². The van der Waals surface area contributed by atoms with Gasteiger partial charge in [-0.05, 0) is 25.3 Å². The largest absolute Gasteiger partial charge is 0.339 e. The van der Waals surface area contributed by atoms with Crippen LogP contribution in [0.1, 0.15) is 65.9 Å². The van der Waals surface area contributed by atoms with Gasteiger partial charge in [-0.1, -0.05) is 19.0 Å². The molecular weight excluding hydrogens is 314 g/mol. The molecular formula is C15H21N5O2S. The predicted molar refractivity (Wildman–Crippen MR) is 86.2 cm³/mol. The third-order valence-electron chi connectivity index (χ3n) is 3.76. The Bertz CT molecular complexity index is 677. The van der Waals surface area contributed by atoms with Crippen molar-refractivity contribution >= 4 is 17.2 Å². The second-order valence-corrected chi connectivity index (χ2v) is 7.07. The average Bonchev–Trinajstić information content (AvgIpc) is 3.07. The van der Waals surface area contributed by atoms with Crippen LogP contribution in [0.3, 0.4) is 0 Å². The van der Waals surface area contributed by atoms with E-state index in [4.69, 9.17) is 10.3 Å². The number of hydrogen-bond donors (Lipinski definition) is 2. The van der Waals surface area contributed by atoms with E-state index in [2.05, 4.69) is 20.4 Å². The molecule has 1 saturated carbocycles. The van der Waals surface area contributed by atoms with Gasteiger partial charge >= 0.3 is 0 Å². The first-order chi connectivity index (χ1) is 11.1. The van der Waals surface area contributed by atoms with Crippen LogP contribution in [0.15, 0.2) is 9.90 Å². The van der Waals surface area contributed by atoms with Gasteiger partial charge in [-0.2, -0.15) is 4.98 Å². The van der Waals surface area contributed by atoms with Gasteiger partial charge in [0.05, 0.1) is 5.01 Å². The second-order valence-electron chi connectivity index (χ2n) is 6.13. The van der Waals surface area contributed by atoms with E-state index in [1.54, 1.807) is 5.38 Å². The summed E-state index contributed by atoms with van der Waals surface area (Å²) >= 11 is 1.45. The van der Waals surface area contributed by atoms with Crippen molar-refractivity contribution in [1.82, 2.24) is 20.4 Å². The molecule has 0 aromatic carbocycles. The van der Waals surface area contributed by atoms with Gasteiger partial charge in [0.1, 0.15) is 11.7 Å². The number of thiazole rings is 1. The Hall–Kier alpha value is -1.80. The summed E-state index contributed by atoms with van der Waals surface area (Å²) in [6, 6.07) is -0.317. The highest BCUT2D eigenvalue weighted by Crippen LogP contribution is 2.38. The lowest BCUT2D eigenvalue weighted by Crippen LogP contribution is -2.32. The van der Waals surface area contributed by atoms with Gasteiger partial charge in [-0.25, -0.2) is 4.98 Å². The molecule has 1 fully saturated rings. The van der Waals surface area contributed by atoms with Crippen LogP contribution < -0.4 is 11.1 Å². The molecule has 0 aliphatic heterocycles. The number of hydrogen-bond acceptors (Lipinski definition) is 7. The number of carbonyl (C=O) groups excluding carboxylic acids is 1. The zero-order valence-corrected chi connectivity index (χ0v) is 14.1. The normalized spacial score (nSPS) is 15.8. The highest BCUT2D eigenvalue weighted by atomic mass is 32.1. The number of nitrogens with one attached hydrogen (secondary N) is 1. The molecule has 0 saturated heterocycles. The van der Waals surface area contributed by atoms with Crippen molar-refractivity contribution in [3.8, 4) is 0 Å². The van der Waals surface area contributed by atoms with E-state index in [0.717, 1.165) is 23.7 Å². The van der Waals surface area contributed by atoms with Gasteiger partial charge in [-0.3, -0.25) is 4.79 Å². The highest BCUT2D eigenvalue weighted by Gasteiger charge is 2.32. The molecule has 8 heteroatoms. The van der Waals surface area contributed by atoms with E-state index in [1.165, 1.54) is 11.3 Å². The molecule has 1 atom stereocenters. The van der Waals surface area contributed by atoms with Gasteiger partial charge in [-0.15, -0.1) is 11.3 Å². The van der Waals surface area contributed by atoms with Crippen LogP contribution in [-0.2, 0) is 6.42 Å². The number of rotatable bonds is 7. The number of carbonyl (C=O) groups is 1. The molecule has 1 unspecified atom stereocenters. The number of nitrogens with two attached hydrogens (primary N) is 1. The van der Waals surface area contributed by atoms with Crippen molar-refractivity contribution in [3.05, 3.63) is 27.8 Å². The molecule has 0 spiro atoms. The Morgan fingerprint density at radius 2 is 2.26 bits per heavy atom. The third kappa shape index (κ3) is 3.76. The van der Waals surface area contributed by atoms with Crippen LogP contribution in [0.2, 0.25) is 0 Å². The van der Waals surface area contributed by atoms with Crippen LogP contribution in [0.25, 0.3) is 0 Å². The van der Waals surface area contributed by atoms with Gasteiger partial charge < -0.3 is 15.6 Å². The zero-order chi connectivity index (χ0) is 16.4. The minimum atomic E-state index is -0.317. The third-order valence-corrected chi connectivity index (χ3v) is 4.67. The Balaban J connectivity index is 1.71. The van der Waals surface area contributed by atoms with Crippen molar-refractivity contribution in [1.29, 1.82) is 0 Å². The molecule has 23 heavy (non-hydrogen) atoms. The van der Waals surface area contributed by atoms with E-state index >= 15 is 0 Å². The first kappa shape index (κ1) is 16.1. The molecule has 1 amide bonds. The van der Waals surface area contributed by atoms with Crippen molar-refractivity contribution in [2.75, 3.05) is 6.54 Å². The minimum Gasteiger partial charge on any atom is -0.339 e. The van der Waals surface area contributed by atoms with Crippen molar-refractivity contribution in [3.63, 3.8) is 0 Å². The summed E-state index contributed by atoms with van der Waals surface area (Å²) < 4.78 is 5.36. The maximum atomic E-state index is 12.4. The van der Waals surface area contributed by atoms with E-state index in [1.807, 2.05) is 13.8 Å². The first-order valence-corrected chi connectivity index (χ1v) is 8.75. The lowest BCUT2D eigenvalue weighted by atomic mass is 10.0. The maximum Gasteiger partial charge on any atom is 0.271 e. The summed E-state index contributed by atoms with van der Waals surface area (Å²) in [5.74, 6) is 1.54. The molecule has 2 aromatic rings. The number of amides is 1. The van der Waals surface area contributed by atoms with Crippen LogP contribution in [0.4, 0.5) is 0 Å². The maximum absolute atomic E-state index is 12.4. The number of nitrogens with zero attached hydrogens (tertiary/aromatic N) is 3. The molecule has 1 aliphatic carbocycles. The van der Waals surface area contributed by atoms with Gasteiger partial charge in [0.25, 0.3) is 5.91 Å². The molecule has 0 bridgehead atoms. The lowest BCUT2D eigenvalue weighted by Gasteiger charge is -2.17. The Morgan fingerprint density at radius 1 is 1.48 bits per heavy atom.